The Kier molecular flexibility index (Phi) is 2.47. The summed E-state index contributed by atoms with van der Waals surface area (Å²) in [5.41, 5.74) is -0.0653. The molecule has 0 fully saturated rings. The van der Waals surface area contributed by atoms with E-state index in [-0.39, 0.29) is 11.4 Å². The standard InChI is InChI=1S/C10H7N3O3/c14-9-2-1-5-12(7-9)10-4-3-8(6-11-10)13(15)16/h1-7H/p+1. The van der Waals surface area contributed by atoms with Crippen LogP contribution in [0.3, 0.4) is 0 Å². The van der Waals surface area contributed by atoms with Gasteiger partial charge in [-0.1, -0.05) is 0 Å². The fourth-order valence-corrected chi connectivity index (χ4v) is 1.24. The fourth-order valence-electron chi connectivity index (χ4n) is 1.24. The number of aromatic nitrogens is 2. The summed E-state index contributed by atoms with van der Waals surface area (Å²) in [4.78, 5) is 13.8. The lowest BCUT2D eigenvalue weighted by Gasteiger charge is -1.95. The van der Waals surface area contributed by atoms with Gasteiger partial charge in [0, 0.05) is 12.1 Å². The number of nitrogens with zero attached hydrogens (tertiary/aromatic N) is 3. The lowest BCUT2D eigenvalue weighted by Crippen LogP contribution is -2.30. The number of hydrogen-bond acceptors (Lipinski definition) is 4. The summed E-state index contributed by atoms with van der Waals surface area (Å²) in [6, 6.07) is 6.05. The molecule has 0 amide bonds. The Morgan fingerprint density at radius 3 is 2.75 bits per heavy atom. The van der Waals surface area contributed by atoms with E-state index in [0.717, 1.165) is 0 Å². The van der Waals surface area contributed by atoms with Crippen molar-refractivity contribution in [3.63, 3.8) is 0 Å². The Morgan fingerprint density at radius 1 is 1.38 bits per heavy atom. The van der Waals surface area contributed by atoms with Gasteiger partial charge in [0.1, 0.15) is 6.20 Å². The van der Waals surface area contributed by atoms with Crippen molar-refractivity contribution >= 4 is 5.69 Å². The molecular weight excluding hydrogens is 210 g/mol. The van der Waals surface area contributed by atoms with Gasteiger partial charge in [0.2, 0.25) is 6.20 Å². The van der Waals surface area contributed by atoms with Crippen LogP contribution in [-0.4, -0.2) is 15.0 Å². The normalized spacial score (nSPS) is 10.0. The highest BCUT2D eigenvalue weighted by Crippen LogP contribution is 2.09. The maximum atomic E-state index is 10.4. The topological polar surface area (TPSA) is 80.1 Å². The lowest BCUT2D eigenvalue weighted by atomic mass is 10.4. The van der Waals surface area contributed by atoms with Gasteiger partial charge in [-0.15, -0.1) is 0 Å². The van der Waals surface area contributed by atoms with Crippen molar-refractivity contribution in [2.45, 2.75) is 0 Å². The maximum absolute atomic E-state index is 10.4. The molecule has 0 saturated heterocycles. The molecule has 6 nitrogen and oxygen atoms in total. The van der Waals surface area contributed by atoms with Gasteiger partial charge in [0.05, 0.1) is 11.1 Å². The summed E-state index contributed by atoms with van der Waals surface area (Å²) in [6.45, 7) is 0. The molecule has 0 bridgehead atoms. The van der Waals surface area contributed by atoms with E-state index < -0.39 is 4.92 Å². The zero-order chi connectivity index (χ0) is 11.5. The Hall–Kier alpha value is -2.50. The quantitative estimate of drug-likeness (QED) is 0.462. The minimum atomic E-state index is -0.510. The third-order valence-corrected chi connectivity index (χ3v) is 1.99. The second kappa shape index (κ2) is 3.93. The monoisotopic (exact) mass is 218 g/mol. The number of aromatic hydroxyl groups is 1. The van der Waals surface area contributed by atoms with Crippen LogP contribution in [-0.2, 0) is 0 Å². The van der Waals surface area contributed by atoms with Crippen LogP contribution in [0.5, 0.6) is 5.75 Å². The molecule has 1 N–H and O–H groups in total. The van der Waals surface area contributed by atoms with Crippen molar-refractivity contribution in [1.29, 1.82) is 0 Å². The molecule has 2 aromatic heterocycles. The predicted molar refractivity (Wildman–Crippen MR) is 54.1 cm³/mol. The average Bonchev–Trinajstić information content (AvgIpc) is 2.29. The molecule has 0 radical (unpaired) electrons. The summed E-state index contributed by atoms with van der Waals surface area (Å²) in [5.74, 6) is 0.601. The molecule has 16 heavy (non-hydrogen) atoms. The first-order valence-electron chi connectivity index (χ1n) is 4.48. The fraction of sp³-hybridized carbons (Fsp3) is 0. The smallest absolute Gasteiger partial charge is 0.328 e. The van der Waals surface area contributed by atoms with E-state index in [1.54, 1.807) is 16.8 Å². The van der Waals surface area contributed by atoms with E-state index in [2.05, 4.69) is 4.98 Å². The number of rotatable bonds is 2. The van der Waals surface area contributed by atoms with Crippen molar-refractivity contribution in [2.24, 2.45) is 0 Å². The molecule has 0 saturated carbocycles. The van der Waals surface area contributed by atoms with Crippen LogP contribution in [0.15, 0.2) is 42.9 Å². The minimum Gasteiger partial charge on any atom is -0.504 e. The Balaban J connectivity index is 2.38. The molecular formula is C10H8N3O3+. The maximum Gasteiger partial charge on any atom is 0.328 e. The molecule has 0 aromatic carbocycles. The van der Waals surface area contributed by atoms with E-state index in [1.807, 2.05) is 0 Å². The van der Waals surface area contributed by atoms with Crippen LogP contribution in [0.25, 0.3) is 5.82 Å². The number of pyridine rings is 2. The number of hydrogen-bond donors (Lipinski definition) is 1. The van der Waals surface area contributed by atoms with Gasteiger partial charge < -0.3 is 5.11 Å². The van der Waals surface area contributed by atoms with Crippen LogP contribution < -0.4 is 4.57 Å². The van der Waals surface area contributed by atoms with Gasteiger partial charge in [-0.25, -0.2) is 0 Å². The molecule has 2 heterocycles. The molecule has 0 aliphatic rings. The molecule has 2 aromatic rings. The lowest BCUT2D eigenvalue weighted by molar-refractivity contribution is -0.600. The van der Waals surface area contributed by atoms with Crippen molar-refractivity contribution in [1.82, 2.24) is 4.98 Å². The van der Waals surface area contributed by atoms with Gasteiger partial charge in [0.15, 0.2) is 5.75 Å². The molecule has 0 aliphatic heterocycles. The molecule has 0 aliphatic carbocycles. The van der Waals surface area contributed by atoms with Crippen molar-refractivity contribution in [3.8, 4) is 11.6 Å². The predicted octanol–water partition coefficient (Wildman–Crippen LogP) is 0.972. The van der Waals surface area contributed by atoms with Gasteiger partial charge in [-0.2, -0.15) is 4.57 Å². The molecule has 0 unspecified atom stereocenters. The second-order valence-corrected chi connectivity index (χ2v) is 3.10. The van der Waals surface area contributed by atoms with Crippen LogP contribution in [0.1, 0.15) is 0 Å². The molecule has 6 heteroatoms. The summed E-state index contributed by atoms with van der Waals surface area (Å²) >= 11 is 0. The van der Waals surface area contributed by atoms with Gasteiger partial charge in [0.25, 0.3) is 0 Å². The molecule has 0 spiro atoms. The first kappa shape index (κ1) is 10.0. The van der Waals surface area contributed by atoms with E-state index in [4.69, 9.17) is 0 Å². The Morgan fingerprint density at radius 2 is 2.19 bits per heavy atom. The zero-order valence-corrected chi connectivity index (χ0v) is 8.15. The van der Waals surface area contributed by atoms with Crippen LogP contribution in [0, 0.1) is 10.1 Å². The van der Waals surface area contributed by atoms with E-state index in [1.165, 1.54) is 30.6 Å². The van der Waals surface area contributed by atoms with Crippen LogP contribution >= 0.6 is 0 Å². The third kappa shape index (κ3) is 1.95. The summed E-state index contributed by atoms with van der Waals surface area (Å²) in [6.07, 6.45) is 4.33. The Bertz CT molecular complexity index is 525. The van der Waals surface area contributed by atoms with E-state index in [0.29, 0.717) is 5.82 Å². The van der Waals surface area contributed by atoms with Crippen molar-refractivity contribution in [3.05, 3.63) is 53.0 Å². The summed E-state index contributed by atoms with van der Waals surface area (Å²) in [7, 11) is 0. The zero-order valence-electron chi connectivity index (χ0n) is 8.15. The van der Waals surface area contributed by atoms with E-state index >= 15 is 0 Å². The second-order valence-electron chi connectivity index (χ2n) is 3.10. The SMILES string of the molecule is O=[N+]([O-])c1ccc(-[n+]2cccc(O)c2)nc1. The van der Waals surface area contributed by atoms with Gasteiger partial charge >= 0.3 is 11.5 Å². The van der Waals surface area contributed by atoms with Crippen molar-refractivity contribution < 1.29 is 14.6 Å². The molecule has 2 rings (SSSR count). The summed E-state index contributed by atoms with van der Waals surface area (Å²) in [5, 5.41) is 19.7. The number of nitro groups is 1. The van der Waals surface area contributed by atoms with Gasteiger partial charge in [-0.05, 0) is 17.1 Å². The first-order valence-corrected chi connectivity index (χ1v) is 4.48. The first-order chi connectivity index (χ1) is 7.66. The third-order valence-electron chi connectivity index (χ3n) is 1.99. The highest BCUT2D eigenvalue weighted by Gasteiger charge is 2.12. The van der Waals surface area contributed by atoms with Crippen LogP contribution in [0.2, 0.25) is 0 Å². The molecule has 80 valence electrons. The van der Waals surface area contributed by atoms with Gasteiger partial charge in [-0.3, -0.25) is 10.1 Å². The average molecular weight is 218 g/mol. The highest BCUT2D eigenvalue weighted by atomic mass is 16.6. The highest BCUT2D eigenvalue weighted by molar-refractivity contribution is 5.29. The minimum absolute atomic E-state index is 0.0653. The van der Waals surface area contributed by atoms with Crippen LogP contribution in [0.4, 0.5) is 5.69 Å². The van der Waals surface area contributed by atoms with E-state index in [9.17, 15) is 15.2 Å². The summed E-state index contributed by atoms with van der Waals surface area (Å²) < 4.78 is 1.57. The largest absolute Gasteiger partial charge is 0.504 e. The molecule has 0 atom stereocenters. The Labute approximate surface area is 90.6 Å². The van der Waals surface area contributed by atoms with Crippen molar-refractivity contribution in [2.75, 3.05) is 0 Å².